The van der Waals surface area contributed by atoms with E-state index in [1.54, 1.807) is 28.8 Å². The van der Waals surface area contributed by atoms with Gasteiger partial charge in [-0.15, -0.1) is 0 Å². The highest BCUT2D eigenvalue weighted by molar-refractivity contribution is 7.99. The summed E-state index contributed by atoms with van der Waals surface area (Å²) >= 11 is 7.25. The Hall–Kier alpha value is -3.09. The van der Waals surface area contributed by atoms with Crippen molar-refractivity contribution in [3.05, 3.63) is 93.7 Å². The zero-order valence-corrected chi connectivity index (χ0v) is 17.7. The Morgan fingerprint density at radius 1 is 1.07 bits per heavy atom. The van der Waals surface area contributed by atoms with Gasteiger partial charge in [-0.1, -0.05) is 59.8 Å². The van der Waals surface area contributed by atoms with E-state index in [0.717, 1.165) is 5.56 Å². The summed E-state index contributed by atoms with van der Waals surface area (Å²) in [5.41, 5.74) is 2.72. The van der Waals surface area contributed by atoms with Crippen molar-refractivity contribution >= 4 is 45.9 Å². The third-order valence-corrected chi connectivity index (χ3v) is 5.74. The topological polar surface area (TPSA) is 64.0 Å². The van der Waals surface area contributed by atoms with Crippen LogP contribution in [0, 0.1) is 6.92 Å². The molecule has 3 aromatic carbocycles. The number of amides is 1. The van der Waals surface area contributed by atoms with Crippen LogP contribution in [0.2, 0.25) is 5.02 Å². The molecule has 4 rings (SSSR count). The number of rotatable bonds is 5. The van der Waals surface area contributed by atoms with Crippen molar-refractivity contribution in [3.8, 4) is 5.69 Å². The van der Waals surface area contributed by atoms with E-state index < -0.39 is 0 Å². The van der Waals surface area contributed by atoms with Gasteiger partial charge in [0.05, 0.1) is 22.3 Å². The van der Waals surface area contributed by atoms with Gasteiger partial charge in [0.2, 0.25) is 5.91 Å². The normalized spacial score (nSPS) is 10.9. The Kier molecular flexibility index (Phi) is 5.88. The van der Waals surface area contributed by atoms with Crippen LogP contribution in [-0.2, 0) is 4.79 Å². The third-order valence-electron chi connectivity index (χ3n) is 4.57. The molecule has 0 unspecified atom stereocenters. The highest BCUT2D eigenvalue weighted by atomic mass is 35.5. The van der Waals surface area contributed by atoms with Crippen LogP contribution in [0.1, 0.15) is 5.56 Å². The molecule has 1 amide bonds. The number of para-hydroxylation sites is 2. The molecule has 5 nitrogen and oxygen atoms in total. The number of aryl methyl sites for hydroxylation is 1. The summed E-state index contributed by atoms with van der Waals surface area (Å²) in [7, 11) is 0. The molecule has 0 fully saturated rings. The number of hydrogen-bond acceptors (Lipinski definition) is 4. The van der Waals surface area contributed by atoms with Crippen LogP contribution in [0.5, 0.6) is 0 Å². The number of carbonyl (C=O) groups excluding carboxylic acids is 1. The minimum atomic E-state index is -0.201. The van der Waals surface area contributed by atoms with Crippen LogP contribution in [0.15, 0.2) is 82.7 Å². The highest BCUT2D eigenvalue weighted by Crippen LogP contribution is 2.23. The Bertz CT molecular complexity index is 1290. The number of anilines is 1. The van der Waals surface area contributed by atoms with Crippen molar-refractivity contribution in [3.63, 3.8) is 0 Å². The van der Waals surface area contributed by atoms with E-state index in [9.17, 15) is 9.59 Å². The molecular formula is C23H18ClN3O2S. The lowest BCUT2D eigenvalue weighted by molar-refractivity contribution is -0.113. The van der Waals surface area contributed by atoms with Crippen molar-refractivity contribution < 1.29 is 4.79 Å². The lowest BCUT2D eigenvalue weighted by Crippen LogP contribution is -2.23. The van der Waals surface area contributed by atoms with Crippen LogP contribution < -0.4 is 10.9 Å². The predicted molar refractivity (Wildman–Crippen MR) is 123 cm³/mol. The first-order valence-corrected chi connectivity index (χ1v) is 10.7. The maximum Gasteiger partial charge on any atom is 0.266 e. The number of carbonyl (C=O) groups is 1. The van der Waals surface area contributed by atoms with Gasteiger partial charge in [0.15, 0.2) is 5.16 Å². The number of nitrogens with one attached hydrogen (secondary N) is 1. The van der Waals surface area contributed by atoms with Gasteiger partial charge in [0, 0.05) is 10.7 Å². The molecule has 0 aliphatic rings. The van der Waals surface area contributed by atoms with Crippen molar-refractivity contribution in [1.29, 1.82) is 0 Å². The molecule has 0 aliphatic heterocycles. The van der Waals surface area contributed by atoms with E-state index in [2.05, 4.69) is 10.3 Å². The molecule has 0 atom stereocenters. The summed E-state index contributed by atoms with van der Waals surface area (Å²) in [6, 6.07) is 21.8. The van der Waals surface area contributed by atoms with Crippen LogP contribution in [0.25, 0.3) is 16.6 Å². The van der Waals surface area contributed by atoms with Crippen molar-refractivity contribution in [2.75, 3.05) is 11.1 Å². The first-order valence-electron chi connectivity index (χ1n) is 9.29. The van der Waals surface area contributed by atoms with E-state index in [1.807, 2.05) is 55.5 Å². The summed E-state index contributed by atoms with van der Waals surface area (Å²) in [5, 5.41) is 4.42. The van der Waals surface area contributed by atoms with Gasteiger partial charge in [0.25, 0.3) is 5.56 Å². The summed E-state index contributed by atoms with van der Waals surface area (Å²) in [4.78, 5) is 30.4. The maximum atomic E-state index is 13.2. The first kappa shape index (κ1) is 20.2. The van der Waals surface area contributed by atoms with Gasteiger partial charge < -0.3 is 5.32 Å². The number of thioether (sulfide) groups is 1. The summed E-state index contributed by atoms with van der Waals surface area (Å²) in [5.74, 6) is -0.101. The van der Waals surface area contributed by atoms with Crippen LogP contribution in [-0.4, -0.2) is 21.2 Å². The fraction of sp³-hybridized carbons (Fsp3) is 0.0870. The molecule has 150 valence electrons. The molecule has 0 radical (unpaired) electrons. The monoisotopic (exact) mass is 435 g/mol. The van der Waals surface area contributed by atoms with Crippen molar-refractivity contribution in [2.45, 2.75) is 12.1 Å². The molecule has 30 heavy (non-hydrogen) atoms. The molecular weight excluding hydrogens is 418 g/mol. The maximum absolute atomic E-state index is 13.2. The van der Waals surface area contributed by atoms with Gasteiger partial charge in [0.1, 0.15) is 0 Å². The second kappa shape index (κ2) is 8.73. The first-order chi connectivity index (χ1) is 14.5. The number of hydrogen-bond donors (Lipinski definition) is 1. The molecule has 0 bridgehead atoms. The van der Waals surface area contributed by atoms with Gasteiger partial charge >= 0.3 is 0 Å². The van der Waals surface area contributed by atoms with E-state index in [1.165, 1.54) is 11.8 Å². The van der Waals surface area contributed by atoms with Crippen LogP contribution in [0.4, 0.5) is 5.69 Å². The molecule has 0 spiro atoms. The summed E-state index contributed by atoms with van der Waals surface area (Å²) in [6.07, 6.45) is 0. The largest absolute Gasteiger partial charge is 0.325 e. The standard InChI is InChI=1S/C23H18ClN3O2S/c1-15-11-12-16(24)13-20(15)25-21(28)14-30-23-26-19-10-6-5-9-18(19)22(29)27(23)17-7-3-2-4-8-17/h2-13H,14H2,1H3,(H,25,28). The Labute approximate surface area is 182 Å². The third kappa shape index (κ3) is 4.25. The molecule has 1 N–H and O–H groups in total. The number of halogens is 1. The lowest BCUT2D eigenvalue weighted by Gasteiger charge is -2.13. The Morgan fingerprint density at radius 2 is 1.80 bits per heavy atom. The van der Waals surface area contributed by atoms with E-state index in [-0.39, 0.29) is 17.2 Å². The van der Waals surface area contributed by atoms with Gasteiger partial charge in [-0.25, -0.2) is 4.98 Å². The fourth-order valence-electron chi connectivity index (χ4n) is 3.06. The number of fused-ring (bicyclic) bond motifs is 1. The zero-order chi connectivity index (χ0) is 21.1. The van der Waals surface area contributed by atoms with Crippen molar-refractivity contribution in [2.24, 2.45) is 0 Å². The smallest absolute Gasteiger partial charge is 0.266 e. The fourth-order valence-corrected chi connectivity index (χ4v) is 4.04. The van der Waals surface area contributed by atoms with E-state index in [0.29, 0.717) is 32.5 Å². The van der Waals surface area contributed by atoms with Gasteiger partial charge in [-0.05, 0) is 48.9 Å². The van der Waals surface area contributed by atoms with Crippen molar-refractivity contribution in [1.82, 2.24) is 9.55 Å². The minimum Gasteiger partial charge on any atom is -0.325 e. The average Bonchev–Trinajstić information content (AvgIpc) is 2.75. The minimum absolute atomic E-state index is 0.101. The van der Waals surface area contributed by atoms with E-state index >= 15 is 0 Å². The molecule has 0 aliphatic carbocycles. The molecule has 0 saturated carbocycles. The molecule has 4 aromatic rings. The second-order valence-corrected chi connectivity index (χ2v) is 8.06. The molecule has 7 heteroatoms. The molecule has 1 aromatic heterocycles. The predicted octanol–water partition coefficient (Wildman–Crippen LogP) is 5.08. The SMILES string of the molecule is Cc1ccc(Cl)cc1NC(=O)CSc1nc2ccccc2c(=O)n1-c1ccccc1. The number of aromatic nitrogens is 2. The average molecular weight is 436 g/mol. The summed E-state index contributed by atoms with van der Waals surface area (Å²) in [6.45, 7) is 1.90. The van der Waals surface area contributed by atoms with Gasteiger partial charge in [-0.2, -0.15) is 0 Å². The quantitative estimate of drug-likeness (QED) is 0.351. The highest BCUT2D eigenvalue weighted by Gasteiger charge is 2.15. The Balaban J connectivity index is 1.66. The number of nitrogens with zero attached hydrogens (tertiary/aromatic N) is 2. The lowest BCUT2D eigenvalue weighted by atomic mass is 10.2. The molecule has 0 saturated heterocycles. The van der Waals surface area contributed by atoms with E-state index in [4.69, 9.17) is 11.6 Å². The van der Waals surface area contributed by atoms with Crippen LogP contribution >= 0.6 is 23.4 Å². The molecule has 1 heterocycles. The van der Waals surface area contributed by atoms with Crippen LogP contribution in [0.3, 0.4) is 0 Å². The second-order valence-electron chi connectivity index (χ2n) is 6.68. The zero-order valence-electron chi connectivity index (χ0n) is 16.1. The Morgan fingerprint density at radius 3 is 2.60 bits per heavy atom. The summed E-state index contributed by atoms with van der Waals surface area (Å²) < 4.78 is 1.55. The number of benzene rings is 3. The van der Waals surface area contributed by atoms with Gasteiger partial charge in [-0.3, -0.25) is 14.2 Å².